The van der Waals surface area contributed by atoms with E-state index in [1.165, 1.54) is 51.4 Å². The fraction of sp³-hybridized carbons (Fsp3) is 0.750. The van der Waals surface area contributed by atoms with E-state index in [0.29, 0.717) is 5.82 Å². The molecule has 0 atom stereocenters. The molecule has 1 rings (SSSR count). The first-order chi connectivity index (χ1) is 9.66. The number of carboxylic acids is 1. The number of aromatic carboxylic acids is 1. The van der Waals surface area contributed by atoms with Crippen molar-refractivity contribution in [2.24, 2.45) is 7.05 Å². The minimum Gasteiger partial charge on any atom is -0.472 e. The summed E-state index contributed by atoms with van der Waals surface area (Å²) < 4.78 is 3.50. The maximum Gasteiger partial charge on any atom is 0.419 e. The summed E-state index contributed by atoms with van der Waals surface area (Å²) in [7, 11) is 1.77. The van der Waals surface area contributed by atoms with Gasteiger partial charge in [0, 0.05) is 0 Å². The van der Waals surface area contributed by atoms with Crippen molar-refractivity contribution in [3.63, 3.8) is 0 Å². The first-order valence-electron chi connectivity index (χ1n) is 7.95. The molecule has 4 heteroatoms. The van der Waals surface area contributed by atoms with Crippen molar-refractivity contribution in [1.29, 1.82) is 0 Å². The Morgan fingerprint density at radius 3 is 2.20 bits per heavy atom. The van der Waals surface area contributed by atoms with Crippen LogP contribution in [0.4, 0.5) is 0 Å². The van der Waals surface area contributed by atoms with Crippen LogP contribution in [-0.4, -0.2) is 15.6 Å². The second kappa shape index (κ2) is 9.56. The zero-order valence-electron chi connectivity index (χ0n) is 13.0. The summed E-state index contributed by atoms with van der Waals surface area (Å²) in [4.78, 5) is 11.1. The topological polar surface area (TPSA) is 46.1 Å². The van der Waals surface area contributed by atoms with E-state index in [9.17, 15) is 4.79 Å². The van der Waals surface area contributed by atoms with E-state index < -0.39 is 5.97 Å². The SMILES string of the molecule is CCCCCCCCCCCn1cc[n+](C)c1C(=O)O. The fourth-order valence-corrected chi connectivity index (χ4v) is 2.57. The highest BCUT2D eigenvalue weighted by molar-refractivity contribution is 5.81. The van der Waals surface area contributed by atoms with Gasteiger partial charge in [0.2, 0.25) is 0 Å². The Bertz CT molecular complexity index is 399. The average Bonchev–Trinajstić information content (AvgIpc) is 2.78. The largest absolute Gasteiger partial charge is 0.472 e. The number of carboxylic acid groups (broad SMARTS) is 1. The van der Waals surface area contributed by atoms with Gasteiger partial charge in [-0.25, -0.2) is 13.9 Å². The van der Waals surface area contributed by atoms with Gasteiger partial charge >= 0.3 is 11.8 Å². The Balaban J connectivity index is 2.11. The third kappa shape index (κ3) is 5.76. The van der Waals surface area contributed by atoms with Gasteiger partial charge in [-0.15, -0.1) is 0 Å². The molecule has 0 aliphatic rings. The number of hydrogen-bond donors (Lipinski definition) is 1. The maximum absolute atomic E-state index is 11.1. The van der Waals surface area contributed by atoms with Crippen LogP contribution in [0.25, 0.3) is 0 Å². The summed E-state index contributed by atoms with van der Waals surface area (Å²) in [5.74, 6) is -0.488. The lowest BCUT2D eigenvalue weighted by molar-refractivity contribution is -0.673. The summed E-state index contributed by atoms with van der Waals surface area (Å²) in [6.45, 7) is 3.05. The normalized spacial score (nSPS) is 10.9. The van der Waals surface area contributed by atoms with Crippen LogP contribution in [-0.2, 0) is 13.6 Å². The van der Waals surface area contributed by atoms with E-state index in [-0.39, 0.29) is 0 Å². The molecule has 0 aliphatic heterocycles. The summed E-state index contributed by atoms with van der Waals surface area (Å²) in [6.07, 6.45) is 15.2. The Kier molecular flexibility index (Phi) is 8.00. The smallest absolute Gasteiger partial charge is 0.419 e. The van der Waals surface area contributed by atoms with Crippen molar-refractivity contribution in [2.75, 3.05) is 0 Å². The van der Waals surface area contributed by atoms with Gasteiger partial charge in [0.25, 0.3) is 0 Å². The number of aromatic nitrogens is 2. The number of rotatable bonds is 11. The molecule has 1 aromatic rings. The van der Waals surface area contributed by atoms with Gasteiger partial charge in [0.05, 0.1) is 13.6 Å². The second-order valence-corrected chi connectivity index (χ2v) is 5.56. The molecule has 0 amide bonds. The van der Waals surface area contributed by atoms with Crippen LogP contribution in [0.5, 0.6) is 0 Å². The van der Waals surface area contributed by atoms with E-state index in [2.05, 4.69) is 6.92 Å². The van der Waals surface area contributed by atoms with Crippen molar-refractivity contribution in [3.8, 4) is 0 Å². The Labute approximate surface area is 122 Å². The van der Waals surface area contributed by atoms with Crippen LogP contribution in [0.1, 0.15) is 75.3 Å². The summed E-state index contributed by atoms with van der Waals surface area (Å²) in [6, 6.07) is 0. The minimum atomic E-state index is -0.853. The van der Waals surface area contributed by atoms with E-state index in [1.807, 2.05) is 10.8 Å². The molecule has 114 valence electrons. The van der Waals surface area contributed by atoms with E-state index in [1.54, 1.807) is 17.8 Å². The molecule has 0 aliphatic carbocycles. The zero-order chi connectivity index (χ0) is 14.8. The van der Waals surface area contributed by atoms with Gasteiger partial charge < -0.3 is 5.11 Å². The van der Waals surface area contributed by atoms with Crippen molar-refractivity contribution < 1.29 is 14.5 Å². The van der Waals surface area contributed by atoms with Crippen LogP contribution < -0.4 is 4.57 Å². The van der Waals surface area contributed by atoms with Gasteiger partial charge in [0.15, 0.2) is 0 Å². The van der Waals surface area contributed by atoms with Crippen LogP contribution in [0.15, 0.2) is 12.4 Å². The number of carbonyl (C=O) groups is 1. The number of hydrogen-bond acceptors (Lipinski definition) is 1. The van der Waals surface area contributed by atoms with Gasteiger partial charge in [-0.2, -0.15) is 0 Å². The van der Waals surface area contributed by atoms with Crippen molar-refractivity contribution in [3.05, 3.63) is 18.2 Å². The molecule has 0 fully saturated rings. The zero-order valence-corrected chi connectivity index (χ0v) is 13.0. The molecule has 4 nitrogen and oxygen atoms in total. The quantitative estimate of drug-likeness (QED) is 0.498. The average molecular weight is 281 g/mol. The van der Waals surface area contributed by atoms with Crippen molar-refractivity contribution >= 4 is 5.97 Å². The van der Waals surface area contributed by atoms with Crippen molar-refractivity contribution in [2.45, 2.75) is 71.3 Å². The molecule has 0 saturated carbocycles. The van der Waals surface area contributed by atoms with Gasteiger partial charge in [-0.3, -0.25) is 0 Å². The monoisotopic (exact) mass is 281 g/mol. The third-order valence-corrected chi connectivity index (χ3v) is 3.77. The first kappa shape index (κ1) is 16.7. The predicted octanol–water partition coefficient (Wildman–Crippen LogP) is 3.54. The Hall–Kier alpha value is -1.32. The molecule has 0 spiro atoms. The van der Waals surface area contributed by atoms with Crippen LogP contribution in [0.2, 0.25) is 0 Å². The van der Waals surface area contributed by atoms with Crippen LogP contribution in [0, 0.1) is 0 Å². The molecule has 1 heterocycles. The Morgan fingerprint density at radius 1 is 1.10 bits per heavy atom. The lowest BCUT2D eigenvalue weighted by Gasteiger charge is -2.02. The molecule has 20 heavy (non-hydrogen) atoms. The molecule has 0 bridgehead atoms. The molecule has 0 radical (unpaired) electrons. The summed E-state index contributed by atoms with van der Waals surface area (Å²) in [5.41, 5.74) is 0. The second-order valence-electron chi connectivity index (χ2n) is 5.56. The number of imidazole rings is 1. The van der Waals surface area contributed by atoms with E-state index in [0.717, 1.165) is 13.0 Å². The lowest BCUT2D eigenvalue weighted by Crippen LogP contribution is -2.35. The lowest BCUT2D eigenvalue weighted by atomic mass is 10.1. The molecular weight excluding hydrogens is 252 g/mol. The third-order valence-electron chi connectivity index (χ3n) is 3.77. The number of aryl methyl sites for hydroxylation is 2. The molecule has 0 saturated heterocycles. The molecule has 1 aromatic heterocycles. The van der Waals surface area contributed by atoms with E-state index >= 15 is 0 Å². The highest BCUT2D eigenvalue weighted by atomic mass is 16.4. The number of unbranched alkanes of at least 4 members (excludes halogenated alkanes) is 8. The van der Waals surface area contributed by atoms with Crippen LogP contribution >= 0.6 is 0 Å². The van der Waals surface area contributed by atoms with Gasteiger partial charge in [-0.1, -0.05) is 51.9 Å². The standard InChI is InChI=1S/C16H28N2O2/c1-3-4-5-6-7-8-9-10-11-12-18-14-13-17(2)15(18)16(19)20/h13-14H,3-12H2,1-2H3/p+1. The minimum absolute atomic E-state index is 0.365. The molecule has 0 aromatic carbocycles. The maximum atomic E-state index is 11.1. The van der Waals surface area contributed by atoms with Gasteiger partial charge in [-0.05, 0) is 12.8 Å². The highest BCUT2D eigenvalue weighted by Crippen LogP contribution is 2.10. The van der Waals surface area contributed by atoms with Crippen LogP contribution in [0.3, 0.4) is 0 Å². The van der Waals surface area contributed by atoms with E-state index in [4.69, 9.17) is 5.11 Å². The number of nitrogens with zero attached hydrogens (tertiary/aromatic N) is 2. The summed E-state index contributed by atoms with van der Waals surface area (Å²) in [5, 5.41) is 9.14. The molecule has 1 N–H and O–H groups in total. The van der Waals surface area contributed by atoms with Crippen molar-refractivity contribution in [1.82, 2.24) is 4.57 Å². The fourth-order valence-electron chi connectivity index (χ4n) is 2.57. The predicted molar refractivity (Wildman–Crippen MR) is 79.8 cm³/mol. The molecular formula is C16H29N2O2+. The highest BCUT2D eigenvalue weighted by Gasteiger charge is 2.21. The first-order valence-corrected chi connectivity index (χ1v) is 7.95. The van der Waals surface area contributed by atoms with Gasteiger partial charge in [0.1, 0.15) is 12.4 Å². The summed E-state index contributed by atoms with van der Waals surface area (Å²) >= 11 is 0. The molecule has 0 unspecified atom stereocenters. The Morgan fingerprint density at radius 2 is 1.65 bits per heavy atom.